The number of nitro groups is 1. The number of carbonyl (C=O) groups excluding carboxylic acids is 2. The molecular weight excluding hydrogens is 370 g/mol. The van der Waals surface area contributed by atoms with Crippen molar-refractivity contribution in [2.75, 3.05) is 18.4 Å². The van der Waals surface area contributed by atoms with Crippen molar-refractivity contribution < 1.29 is 14.5 Å². The largest absolute Gasteiger partial charge is 0.342 e. The van der Waals surface area contributed by atoms with Gasteiger partial charge < -0.3 is 10.2 Å². The van der Waals surface area contributed by atoms with Gasteiger partial charge in [-0.2, -0.15) is 0 Å². The van der Waals surface area contributed by atoms with Crippen molar-refractivity contribution in [3.05, 3.63) is 69.8 Å². The monoisotopic (exact) mass is 393 g/mol. The second-order valence-corrected chi connectivity index (χ2v) is 7.80. The fraction of sp³-hybridized carbons (Fsp3) is 0.364. The van der Waals surface area contributed by atoms with E-state index >= 15 is 0 Å². The summed E-state index contributed by atoms with van der Waals surface area (Å²) in [6.07, 6.45) is 3.97. The summed E-state index contributed by atoms with van der Waals surface area (Å²) in [6.45, 7) is 1.69. The number of rotatable bonds is 6. The first kappa shape index (κ1) is 19.1. The maximum atomic E-state index is 12.8. The zero-order chi connectivity index (χ0) is 20.4. The molecular formula is C22H23N3O4. The summed E-state index contributed by atoms with van der Waals surface area (Å²) in [7, 11) is 0. The highest BCUT2D eigenvalue weighted by atomic mass is 16.6. The first-order valence-corrected chi connectivity index (χ1v) is 9.91. The predicted molar refractivity (Wildman–Crippen MR) is 109 cm³/mol. The second-order valence-electron chi connectivity index (χ2n) is 7.80. The van der Waals surface area contributed by atoms with Crippen LogP contribution in [0.2, 0.25) is 0 Å². The Hall–Kier alpha value is -3.22. The number of benzene rings is 2. The van der Waals surface area contributed by atoms with Crippen molar-refractivity contribution in [3.8, 4) is 0 Å². The van der Waals surface area contributed by atoms with E-state index in [-0.39, 0.29) is 17.5 Å². The van der Waals surface area contributed by atoms with Crippen molar-refractivity contribution in [3.63, 3.8) is 0 Å². The first-order valence-electron chi connectivity index (χ1n) is 9.91. The number of hydrogen-bond acceptors (Lipinski definition) is 4. The number of non-ortho nitro benzene ring substituents is 1. The molecule has 1 N–H and O–H groups in total. The SMILES string of the molecule is O=C(Cc1ccc(NC(=O)C2(c3ccc([N+](=O)[O-])cc3)CC2)cc1)N1CCCC1. The van der Waals surface area contributed by atoms with Crippen molar-refractivity contribution >= 4 is 23.2 Å². The lowest BCUT2D eigenvalue weighted by atomic mass is 9.94. The highest BCUT2D eigenvalue weighted by Crippen LogP contribution is 2.49. The molecule has 2 aromatic rings. The van der Waals surface area contributed by atoms with Crippen molar-refractivity contribution in [1.82, 2.24) is 4.90 Å². The van der Waals surface area contributed by atoms with Gasteiger partial charge in [0, 0.05) is 30.9 Å². The van der Waals surface area contributed by atoms with Crippen LogP contribution in [0, 0.1) is 10.1 Å². The van der Waals surface area contributed by atoms with Gasteiger partial charge in [0.05, 0.1) is 16.8 Å². The van der Waals surface area contributed by atoms with Crippen LogP contribution >= 0.6 is 0 Å². The van der Waals surface area contributed by atoms with E-state index in [1.165, 1.54) is 12.1 Å². The van der Waals surface area contributed by atoms with Crippen LogP contribution in [0.15, 0.2) is 48.5 Å². The van der Waals surface area contributed by atoms with E-state index in [1.807, 2.05) is 29.2 Å². The summed E-state index contributed by atoms with van der Waals surface area (Å²) in [5.74, 6) is 0.0432. The lowest BCUT2D eigenvalue weighted by molar-refractivity contribution is -0.384. The fourth-order valence-electron chi connectivity index (χ4n) is 3.88. The minimum atomic E-state index is -0.612. The molecule has 0 unspecified atom stereocenters. The van der Waals surface area contributed by atoms with Gasteiger partial charge in [-0.05, 0) is 48.9 Å². The Bertz CT molecular complexity index is 928. The van der Waals surface area contributed by atoms with Crippen LogP contribution < -0.4 is 5.32 Å². The third kappa shape index (κ3) is 3.99. The van der Waals surface area contributed by atoms with Crippen molar-refractivity contribution in [1.29, 1.82) is 0 Å². The van der Waals surface area contributed by atoms with Gasteiger partial charge in [-0.25, -0.2) is 0 Å². The molecule has 0 spiro atoms. The zero-order valence-electron chi connectivity index (χ0n) is 16.1. The Morgan fingerprint density at radius 1 is 1.00 bits per heavy atom. The van der Waals surface area contributed by atoms with Gasteiger partial charge in [-0.1, -0.05) is 24.3 Å². The first-order chi connectivity index (χ1) is 14.0. The molecule has 1 aliphatic carbocycles. The average Bonchev–Trinajstić information content (AvgIpc) is 3.35. The van der Waals surface area contributed by atoms with Crippen LogP contribution in [0.1, 0.15) is 36.8 Å². The van der Waals surface area contributed by atoms with Gasteiger partial charge in [-0.3, -0.25) is 19.7 Å². The molecule has 150 valence electrons. The summed E-state index contributed by atoms with van der Waals surface area (Å²) in [6, 6.07) is 13.6. The molecule has 1 heterocycles. The minimum absolute atomic E-state index is 0.0176. The highest BCUT2D eigenvalue weighted by molar-refractivity contribution is 6.01. The van der Waals surface area contributed by atoms with Crippen LogP contribution in [-0.4, -0.2) is 34.7 Å². The highest BCUT2D eigenvalue weighted by Gasteiger charge is 2.51. The Kier molecular flexibility index (Phi) is 5.05. The summed E-state index contributed by atoms with van der Waals surface area (Å²) in [4.78, 5) is 37.4. The predicted octanol–water partition coefficient (Wildman–Crippen LogP) is 3.43. The van der Waals surface area contributed by atoms with E-state index in [9.17, 15) is 19.7 Å². The summed E-state index contributed by atoms with van der Waals surface area (Å²) < 4.78 is 0. The van der Waals surface area contributed by atoms with Gasteiger partial charge in [-0.15, -0.1) is 0 Å². The molecule has 1 saturated carbocycles. The van der Waals surface area contributed by atoms with E-state index in [4.69, 9.17) is 0 Å². The third-order valence-corrected chi connectivity index (χ3v) is 5.84. The molecule has 7 nitrogen and oxygen atoms in total. The summed E-state index contributed by atoms with van der Waals surface area (Å²) >= 11 is 0. The number of likely N-dealkylation sites (tertiary alicyclic amines) is 1. The molecule has 2 fully saturated rings. The molecule has 0 radical (unpaired) electrons. The fourth-order valence-corrected chi connectivity index (χ4v) is 3.88. The molecule has 1 aliphatic heterocycles. The number of carbonyl (C=O) groups is 2. The molecule has 0 aromatic heterocycles. The van der Waals surface area contributed by atoms with Gasteiger partial charge in [0.15, 0.2) is 0 Å². The molecule has 2 amide bonds. The Morgan fingerprint density at radius 2 is 1.62 bits per heavy atom. The third-order valence-electron chi connectivity index (χ3n) is 5.84. The van der Waals surface area contributed by atoms with E-state index in [0.717, 1.165) is 49.9 Å². The number of hydrogen-bond donors (Lipinski definition) is 1. The number of amides is 2. The Labute approximate surface area is 168 Å². The minimum Gasteiger partial charge on any atom is -0.342 e. The second kappa shape index (κ2) is 7.66. The van der Waals surface area contributed by atoms with Gasteiger partial charge in [0.2, 0.25) is 11.8 Å². The van der Waals surface area contributed by atoms with E-state index in [2.05, 4.69) is 5.32 Å². The standard InChI is InChI=1S/C22H23N3O4/c26-20(24-13-1-2-14-24)15-16-3-7-18(8-4-16)23-21(27)22(11-12-22)17-5-9-19(10-6-17)25(28)29/h3-10H,1-2,11-15H2,(H,23,27). The Balaban J connectivity index is 1.39. The van der Waals surface area contributed by atoms with Gasteiger partial charge in [0.1, 0.15) is 0 Å². The molecule has 2 aromatic carbocycles. The van der Waals surface area contributed by atoms with Gasteiger partial charge in [0.25, 0.3) is 5.69 Å². The van der Waals surface area contributed by atoms with Crippen molar-refractivity contribution in [2.24, 2.45) is 0 Å². The van der Waals surface area contributed by atoms with Crippen LogP contribution in [0.5, 0.6) is 0 Å². The normalized spacial score (nSPS) is 17.0. The summed E-state index contributed by atoms with van der Waals surface area (Å²) in [5.41, 5.74) is 1.81. The quantitative estimate of drug-likeness (QED) is 0.601. The molecule has 0 bridgehead atoms. The maximum absolute atomic E-state index is 12.8. The lowest BCUT2D eigenvalue weighted by Gasteiger charge is -2.17. The lowest BCUT2D eigenvalue weighted by Crippen LogP contribution is -2.29. The average molecular weight is 393 g/mol. The van der Waals surface area contributed by atoms with E-state index < -0.39 is 10.3 Å². The number of nitrogens with zero attached hydrogens (tertiary/aromatic N) is 2. The molecule has 7 heteroatoms. The maximum Gasteiger partial charge on any atom is 0.269 e. The number of anilines is 1. The topological polar surface area (TPSA) is 92.5 Å². The molecule has 2 aliphatic rings. The van der Waals surface area contributed by atoms with Crippen LogP contribution in [-0.2, 0) is 21.4 Å². The molecule has 4 rings (SSSR count). The number of nitro benzene ring substituents is 1. The molecule has 1 saturated heterocycles. The zero-order valence-corrected chi connectivity index (χ0v) is 16.1. The van der Waals surface area contributed by atoms with E-state index in [0.29, 0.717) is 12.1 Å². The van der Waals surface area contributed by atoms with Crippen LogP contribution in [0.3, 0.4) is 0 Å². The van der Waals surface area contributed by atoms with Crippen LogP contribution in [0.25, 0.3) is 0 Å². The molecule has 0 atom stereocenters. The smallest absolute Gasteiger partial charge is 0.269 e. The van der Waals surface area contributed by atoms with E-state index in [1.54, 1.807) is 12.1 Å². The molecule has 29 heavy (non-hydrogen) atoms. The van der Waals surface area contributed by atoms with Gasteiger partial charge >= 0.3 is 0 Å². The van der Waals surface area contributed by atoms with Crippen molar-refractivity contribution in [2.45, 2.75) is 37.5 Å². The number of nitrogens with one attached hydrogen (secondary N) is 1. The Morgan fingerprint density at radius 3 is 2.17 bits per heavy atom. The van der Waals surface area contributed by atoms with Crippen LogP contribution in [0.4, 0.5) is 11.4 Å². The summed E-state index contributed by atoms with van der Waals surface area (Å²) in [5, 5.41) is 13.8.